The highest BCUT2D eigenvalue weighted by Gasteiger charge is 2.32. The number of aromatic nitrogens is 1. The van der Waals surface area contributed by atoms with Crippen LogP contribution in [0.3, 0.4) is 0 Å². The summed E-state index contributed by atoms with van der Waals surface area (Å²) in [5, 5.41) is 0. The minimum absolute atomic E-state index is 0.194. The molecule has 2 heterocycles. The normalized spacial score (nSPS) is 15.8. The third-order valence-corrected chi connectivity index (χ3v) is 6.58. The number of anilines is 1. The Hall–Kier alpha value is -3.18. The molecule has 1 aliphatic heterocycles. The minimum Gasteiger partial charge on any atom is -0.459 e. The zero-order valence-electron chi connectivity index (χ0n) is 20.7. The molecule has 34 heavy (non-hydrogen) atoms. The van der Waals surface area contributed by atoms with Gasteiger partial charge in [0.15, 0.2) is 0 Å². The molecule has 178 valence electrons. The first kappa shape index (κ1) is 24.0. The number of aryl methyl sites for hydroxylation is 1. The number of esters is 1. The summed E-state index contributed by atoms with van der Waals surface area (Å²) in [6, 6.07) is 20.9. The molecule has 1 aromatic heterocycles. The fourth-order valence-corrected chi connectivity index (χ4v) is 4.76. The van der Waals surface area contributed by atoms with Crippen LogP contribution in [-0.4, -0.2) is 47.6 Å². The van der Waals surface area contributed by atoms with E-state index in [2.05, 4.69) is 47.9 Å². The summed E-state index contributed by atoms with van der Waals surface area (Å²) in [5.41, 5.74) is 5.12. The highest BCUT2D eigenvalue weighted by atomic mass is 16.5. The minimum atomic E-state index is -0.312. The third-order valence-electron chi connectivity index (χ3n) is 6.58. The lowest BCUT2D eigenvalue weighted by Gasteiger charge is -2.29. The van der Waals surface area contributed by atoms with E-state index in [1.54, 1.807) is 0 Å². The summed E-state index contributed by atoms with van der Waals surface area (Å²) in [6.45, 7) is 11.8. The van der Waals surface area contributed by atoms with E-state index in [9.17, 15) is 4.79 Å². The van der Waals surface area contributed by atoms with Crippen molar-refractivity contribution in [3.8, 4) is 11.1 Å². The molecule has 1 saturated heterocycles. The number of hydrogen-bond donors (Lipinski definition) is 0. The number of ether oxygens (including phenoxy) is 1. The lowest BCUT2D eigenvalue weighted by molar-refractivity contribution is 0.0379. The van der Waals surface area contributed by atoms with Gasteiger partial charge in [0.2, 0.25) is 0 Å². The molecule has 0 unspecified atom stereocenters. The SMILES string of the molecule is CCN(Cc1ccccc1C)[C@@H]1CCN(c2nccc(-c3ccccc3)c2C(=O)OC(C)C)C1. The zero-order chi connectivity index (χ0) is 24.1. The Kier molecular flexibility index (Phi) is 7.63. The number of hydrogen-bond acceptors (Lipinski definition) is 5. The van der Waals surface area contributed by atoms with Gasteiger partial charge in [0.1, 0.15) is 11.4 Å². The summed E-state index contributed by atoms with van der Waals surface area (Å²) in [6.07, 6.45) is 2.65. The molecule has 0 bridgehead atoms. The number of carbonyl (C=O) groups is 1. The topological polar surface area (TPSA) is 45.7 Å². The van der Waals surface area contributed by atoms with E-state index >= 15 is 0 Å². The van der Waals surface area contributed by atoms with Gasteiger partial charge in [0, 0.05) is 37.4 Å². The Bertz CT molecular complexity index is 1110. The number of carbonyl (C=O) groups excluding carboxylic acids is 1. The van der Waals surface area contributed by atoms with Crippen LogP contribution >= 0.6 is 0 Å². The van der Waals surface area contributed by atoms with Crippen LogP contribution < -0.4 is 4.90 Å². The van der Waals surface area contributed by atoms with Crippen LogP contribution in [0.5, 0.6) is 0 Å². The monoisotopic (exact) mass is 457 g/mol. The van der Waals surface area contributed by atoms with Crippen molar-refractivity contribution in [3.05, 3.63) is 83.6 Å². The first-order valence-corrected chi connectivity index (χ1v) is 12.3. The molecule has 1 fully saturated rings. The molecule has 5 nitrogen and oxygen atoms in total. The van der Waals surface area contributed by atoms with Gasteiger partial charge in [-0.05, 0) is 56.5 Å². The number of benzene rings is 2. The molecule has 4 rings (SSSR count). The van der Waals surface area contributed by atoms with Crippen LogP contribution in [0.2, 0.25) is 0 Å². The first-order valence-electron chi connectivity index (χ1n) is 12.3. The molecular formula is C29H35N3O2. The molecule has 0 N–H and O–H groups in total. The van der Waals surface area contributed by atoms with Crippen LogP contribution in [0.1, 0.15) is 48.7 Å². The fourth-order valence-electron chi connectivity index (χ4n) is 4.76. The van der Waals surface area contributed by atoms with Crippen molar-refractivity contribution < 1.29 is 9.53 Å². The van der Waals surface area contributed by atoms with Gasteiger partial charge < -0.3 is 9.64 Å². The number of pyridine rings is 1. The van der Waals surface area contributed by atoms with Crippen LogP contribution in [0, 0.1) is 6.92 Å². The van der Waals surface area contributed by atoms with Gasteiger partial charge in [-0.25, -0.2) is 9.78 Å². The summed E-state index contributed by atoms with van der Waals surface area (Å²) >= 11 is 0. The summed E-state index contributed by atoms with van der Waals surface area (Å²) in [7, 11) is 0. The van der Waals surface area contributed by atoms with Gasteiger partial charge >= 0.3 is 5.97 Å². The van der Waals surface area contributed by atoms with E-state index < -0.39 is 0 Å². The van der Waals surface area contributed by atoms with Gasteiger partial charge in [0.25, 0.3) is 0 Å². The van der Waals surface area contributed by atoms with Crippen molar-refractivity contribution in [1.82, 2.24) is 9.88 Å². The van der Waals surface area contributed by atoms with E-state index in [-0.39, 0.29) is 12.1 Å². The second-order valence-electron chi connectivity index (χ2n) is 9.26. The van der Waals surface area contributed by atoms with E-state index in [0.717, 1.165) is 49.5 Å². The Balaban J connectivity index is 1.63. The van der Waals surface area contributed by atoms with Gasteiger partial charge in [-0.2, -0.15) is 0 Å². The molecule has 0 aliphatic carbocycles. The quantitative estimate of drug-likeness (QED) is 0.405. The molecular weight excluding hydrogens is 422 g/mol. The van der Waals surface area contributed by atoms with Crippen molar-refractivity contribution in [3.63, 3.8) is 0 Å². The summed E-state index contributed by atoms with van der Waals surface area (Å²) in [4.78, 5) is 22.8. The largest absolute Gasteiger partial charge is 0.459 e. The molecule has 2 aromatic carbocycles. The molecule has 0 amide bonds. The maximum Gasteiger partial charge on any atom is 0.342 e. The van der Waals surface area contributed by atoms with E-state index in [4.69, 9.17) is 9.72 Å². The van der Waals surface area contributed by atoms with Gasteiger partial charge in [-0.15, -0.1) is 0 Å². The predicted octanol–water partition coefficient (Wildman–Crippen LogP) is 5.72. The smallest absolute Gasteiger partial charge is 0.342 e. The average Bonchev–Trinajstić information content (AvgIpc) is 3.33. The van der Waals surface area contributed by atoms with Crippen LogP contribution in [0.4, 0.5) is 5.82 Å². The van der Waals surface area contributed by atoms with Crippen molar-refractivity contribution >= 4 is 11.8 Å². The highest BCUT2D eigenvalue weighted by Crippen LogP contribution is 2.33. The van der Waals surface area contributed by atoms with Crippen LogP contribution in [-0.2, 0) is 11.3 Å². The fraction of sp³-hybridized carbons (Fsp3) is 0.379. The molecule has 0 saturated carbocycles. The van der Waals surface area contributed by atoms with E-state index in [1.165, 1.54) is 11.1 Å². The standard InChI is InChI=1S/C29H35N3O2/c1-5-31(19-24-14-10-9-11-22(24)4)25-16-18-32(20-25)28-27(29(33)34-21(2)3)26(15-17-30-28)23-12-7-6-8-13-23/h6-15,17,21,25H,5,16,18-20H2,1-4H3/t25-/m1/s1. The lowest BCUT2D eigenvalue weighted by Crippen LogP contribution is -2.37. The zero-order valence-corrected chi connectivity index (χ0v) is 20.7. The number of likely N-dealkylation sites (N-methyl/N-ethyl adjacent to an activating group) is 1. The lowest BCUT2D eigenvalue weighted by atomic mass is 10.0. The van der Waals surface area contributed by atoms with Gasteiger partial charge in [-0.1, -0.05) is 61.5 Å². The van der Waals surface area contributed by atoms with E-state index in [1.807, 2.05) is 56.4 Å². The molecule has 0 spiro atoms. The number of nitrogens with zero attached hydrogens (tertiary/aromatic N) is 3. The first-order chi connectivity index (χ1) is 16.5. The maximum atomic E-state index is 13.3. The summed E-state index contributed by atoms with van der Waals surface area (Å²) in [5.74, 6) is 0.411. The second kappa shape index (κ2) is 10.8. The highest BCUT2D eigenvalue weighted by molar-refractivity contribution is 6.02. The van der Waals surface area contributed by atoms with E-state index in [0.29, 0.717) is 11.6 Å². The average molecular weight is 458 g/mol. The molecule has 1 atom stereocenters. The van der Waals surface area contributed by atoms with Crippen LogP contribution in [0.25, 0.3) is 11.1 Å². The Labute approximate surface area is 203 Å². The van der Waals surface area contributed by atoms with Crippen LogP contribution in [0.15, 0.2) is 66.9 Å². The van der Waals surface area contributed by atoms with Gasteiger partial charge in [-0.3, -0.25) is 4.90 Å². The van der Waals surface area contributed by atoms with Crippen molar-refractivity contribution in [2.45, 2.75) is 52.8 Å². The molecule has 1 aliphatic rings. The number of rotatable bonds is 8. The van der Waals surface area contributed by atoms with Gasteiger partial charge in [0.05, 0.1) is 6.10 Å². The molecule has 3 aromatic rings. The van der Waals surface area contributed by atoms with Crippen molar-refractivity contribution in [2.75, 3.05) is 24.5 Å². The Morgan fingerprint density at radius 2 is 1.85 bits per heavy atom. The molecule has 5 heteroatoms. The van der Waals surface area contributed by atoms with Crippen molar-refractivity contribution in [1.29, 1.82) is 0 Å². The summed E-state index contributed by atoms with van der Waals surface area (Å²) < 4.78 is 5.67. The van der Waals surface area contributed by atoms with Crippen molar-refractivity contribution in [2.24, 2.45) is 0 Å². The Morgan fingerprint density at radius 1 is 1.12 bits per heavy atom. The molecule has 0 radical (unpaired) electrons. The maximum absolute atomic E-state index is 13.3. The Morgan fingerprint density at radius 3 is 2.56 bits per heavy atom. The second-order valence-corrected chi connectivity index (χ2v) is 9.26. The predicted molar refractivity (Wildman–Crippen MR) is 138 cm³/mol. The third kappa shape index (κ3) is 5.31.